The van der Waals surface area contributed by atoms with Crippen LogP contribution >= 0.6 is 11.6 Å². The fourth-order valence-corrected chi connectivity index (χ4v) is 2.07. The van der Waals surface area contributed by atoms with E-state index in [4.69, 9.17) is 16.3 Å². The van der Waals surface area contributed by atoms with Crippen LogP contribution in [0, 0.1) is 5.82 Å². The Balaban J connectivity index is 2.01. The molecule has 0 fully saturated rings. The number of hydrogen-bond donors (Lipinski definition) is 0. The molecule has 0 saturated carbocycles. The SMILES string of the molecule is CC(C)c1ccc(COc2ccc(CCl)cc2F)cc1. The normalized spacial score (nSPS) is 10.8. The molecule has 0 aliphatic rings. The molecule has 0 N–H and O–H groups in total. The molecule has 2 aromatic carbocycles. The predicted octanol–water partition coefficient (Wildman–Crippen LogP) is 5.27. The second-order valence-corrected chi connectivity index (χ2v) is 5.35. The van der Waals surface area contributed by atoms with Gasteiger partial charge in [0, 0.05) is 5.88 Å². The van der Waals surface area contributed by atoms with Crippen molar-refractivity contribution in [1.29, 1.82) is 0 Å². The van der Waals surface area contributed by atoms with E-state index in [9.17, 15) is 4.39 Å². The van der Waals surface area contributed by atoms with Crippen molar-refractivity contribution in [3.8, 4) is 5.75 Å². The summed E-state index contributed by atoms with van der Waals surface area (Å²) in [5.41, 5.74) is 3.06. The topological polar surface area (TPSA) is 9.23 Å². The molecule has 0 amide bonds. The third-order valence-electron chi connectivity index (χ3n) is 3.19. The Bertz CT molecular complexity index is 564. The van der Waals surface area contributed by atoms with Crippen LogP contribution in [0.5, 0.6) is 5.75 Å². The lowest BCUT2D eigenvalue weighted by Gasteiger charge is -2.10. The number of halogens is 2. The van der Waals surface area contributed by atoms with Crippen molar-refractivity contribution >= 4 is 11.6 Å². The van der Waals surface area contributed by atoms with Gasteiger partial charge in [0.1, 0.15) is 6.61 Å². The second-order valence-electron chi connectivity index (χ2n) is 5.08. The predicted molar refractivity (Wildman–Crippen MR) is 80.8 cm³/mol. The minimum absolute atomic E-state index is 0.256. The Labute approximate surface area is 124 Å². The van der Waals surface area contributed by atoms with Gasteiger partial charge in [0.15, 0.2) is 11.6 Å². The minimum Gasteiger partial charge on any atom is -0.486 e. The molecule has 0 bridgehead atoms. The summed E-state index contributed by atoms with van der Waals surface area (Å²) in [5.74, 6) is 0.688. The van der Waals surface area contributed by atoms with Gasteiger partial charge in [-0.1, -0.05) is 44.2 Å². The van der Waals surface area contributed by atoms with Crippen LogP contribution in [-0.2, 0) is 12.5 Å². The molecule has 0 radical (unpaired) electrons. The molecule has 0 aliphatic heterocycles. The lowest BCUT2D eigenvalue weighted by molar-refractivity contribution is 0.290. The van der Waals surface area contributed by atoms with E-state index in [0.29, 0.717) is 18.4 Å². The van der Waals surface area contributed by atoms with Crippen molar-refractivity contribution in [2.24, 2.45) is 0 Å². The number of benzene rings is 2. The Morgan fingerprint density at radius 3 is 2.25 bits per heavy atom. The standard InChI is InChI=1S/C17H18ClFO/c1-12(2)15-6-3-13(4-7-15)11-20-17-8-5-14(10-18)9-16(17)19/h3-9,12H,10-11H2,1-2H3. The van der Waals surface area contributed by atoms with Gasteiger partial charge >= 0.3 is 0 Å². The summed E-state index contributed by atoms with van der Waals surface area (Å²) < 4.78 is 19.2. The minimum atomic E-state index is -0.373. The van der Waals surface area contributed by atoms with E-state index in [-0.39, 0.29) is 11.6 Å². The molecule has 0 atom stereocenters. The molecule has 0 saturated heterocycles. The third kappa shape index (κ3) is 3.73. The van der Waals surface area contributed by atoms with E-state index in [1.165, 1.54) is 11.6 Å². The molecule has 1 nitrogen and oxygen atoms in total. The molecule has 0 unspecified atom stereocenters. The van der Waals surface area contributed by atoms with Gasteiger partial charge in [-0.3, -0.25) is 0 Å². The Morgan fingerprint density at radius 1 is 1.05 bits per heavy atom. The van der Waals surface area contributed by atoms with Gasteiger partial charge in [0.2, 0.25) is 0 Å². The summed E-state index contributed by atoms with van der Waals surface area (Å²) in [5, 5.41) is 0. The maximum Gasteiger partial charge on any atom is 0.165 e. The monoisotopic (exact) mass is 292 g/mol. The van der Waals surface area contributed by atoms with Crippen molar-refractivity contribution < 1.29 is 9.13 Å². The lowest BCUT2D eigenvalue weighted by atomic mass is 10.0. The molecule has 0 aliphatic carbocycles. The number of ether oxygens (including phenoxy) is 1. The second kappa shape index (κ2) is 6.76. The summed E-state index contributed by atoms with van der Waals surface area (Å²) in [6.07, 6.45) is 0. The Morgan fingerprint density at radius 2 is 1.70 bits per heavy atom. The van der Waals surface area contributed by atoms with Gasteiger partial charge in [-0.2, -0.15) is 0 Å². The van der Waals surface area contributed by atoms with E-state index in [1.807, 2.05) is 12.1 Å². The van der Waals surface area contributed by atoms with E-state index in [2.05, 4.69) is 26.0 Å². The first kappa shape index (κ1) is 14.9. The first-order valence-corrected chi connectivity index (χ1v) is 7.19. The highest BCUT2D eigenvalue weighted by molar-refractivity contribution is 6.17. The Hall–Kier alpha value is -1.54. The van der Waals surface area contributed by atoms with Crippen LogP contribution in [0.4, 0.5) is 4.39 Å². The summed E-state index contributed by atoms with van der Waals surface area (Å²) in [4.78, 5) is 0. The van der Waals surface area contributed by atoms with E-state index in [0.717, 1.165) is 11.1 Å². The van der Waals surface area contributed by atoms with Crippen LogP contribution in [0.2, 0.25) is 0 Å². The molecule has 20 heavy (non-hydrogen) atoms. The average Bonchev–Trinajstić information content (AvgIpc) is 2.46. The van der Waals surface area contributed by atoms with Crippen LogP contribution in [-0.4, -0.2) is 0 Å². The molecule has 3 heteroatoms. The van der Waals surface area contributed by atoms with Gasteiger partial charge in [0.25, 0.3) is 0 Å². The van der Waals surface area contributed by atoms with Crippen LogP contribution in [0.25, 0.3) is 0 Å². The summed E-state index contributed by atoms with van der Waals surface area (Å²) in [6, 6.07) is 13.0. The fourth-order valence-electron chi connectivity index (χ4n) is 1.90. The maximum absolute atomic E-state index is 13.7. The third-order valence-corrected chi connectivity index (χ3v) is 3.50. The molecule has 2 rings (SSSR count). The zero-order chi connectivity index (χ0) is 14.5. The Kier molecular flexibility index (Phi) is 5.02. The maximum atomic E-state index is 13.7. The molecule has 106 valence electrons. The van der Waals surface area contributed by atoms with Crippen LogP contribution in [0.1, 0.15) is 36.5 Å². The van der Waals surface area contributed by atoms with Crippen LogP contribution < -0.4 is 4.74 Å². The van der Waals surface area contributed by atoms with Gasteiger partial charge in [-0.05, 0) is 34.7 Å². The largest absolute Gasteiger partial charge is 0.486 e. The number of hydrogen-bond acceptors (Lipinski definition) is 1. The fraction of sp³-hybridized carbons (Fsp3) is 0.294. The summed E-state index contributed by atoms with van der Waals surface area (Å²) in [7, 11) is 0. The van der Waals surface area contributed by atoms with Crippen molar-refractivity contribution in [2.45, 2.75) is 32.3 Å². The summed E-state index contributed by atoms with van der Waals surface area (Å²) in [6.45, 7) is 4.66. The van der Waals surface area contributed by atoms with Gasteiger partial charge in [0.05, 0.1) is 0 Å². The first-order valence-electron chi connectivity index (χ1n) is 6.66. The van der Waals surface area contributed by atoms with Crippen LogP contribution in [0.3, 0.4) is 0 Å². The van der Waals surface area contributed by atoms with Crippen molar-refractivity contribution in [1.82, 2.24) is 0 Å². The highest BCUT2D eigenvalue weighted by atomic mass is 35.5. The average molecular weight is 293 g/mol. The first-order chi connectivity index (χ1) is 9.60. The van der Waals surface area contributed by atoms with Gasteiger partial charge in [-0.15, -0.1) is 11.6 Å². The molecular weight excluding hydrogens is 275 g/mol. The number of rotatable bonds is 5. The molecule has 0 spiro atoms. The van der Waals surface area contributed by atoms with Gasteiger partial charge in [-0.25, -0.2) is 4.39 Å². The van der Waals surface area contributed by atoms with Crippen LogP contribution in [0.15, 0.2) is 42.5 Å². The summed E-state index contributed by atoms with van der Waals surface area (Å²) >= 11 is 5.66. The van der Waals surface area contributed by atoms with Gasteiger partial charge < -0.3 is 4.74 Å². The van der Waals surface area contributed by atoms with Crippen molar-refractivity contribution in [3.63, 3.8) is 0 Å². The molecule has 2 aromatic rings. The highest BCUT2D eigenvalue weighted by Gasteiger charge is 2.05. The quantitative estimate of drug-likeness (QED) is 0.682. The van der Waals surface area contributed by atoms with Crippen molar-refractivity contribution in [3.05, 3.63) is 65.0 Å². The zero-order valence-electron chi connectivity index (χ0n) is 11.7. The molecule has 0 heterocycles. The van der Waals surface area contributed by atoms with Crippen molar-refractivity contribution in [2.75, 3.05) is 0 Å². The molecule has 0 aromatic heterocycles. The molecular formula is C17H18ClFO. The zero-order valence-corrected chi connectivity index (χ0v) is 12.5. The van der Waals surface area contributed by atoms with E-state index in [1.54, 1.807) is 12.1 Å². The lowest BCUT2D eigenvalue weighted by Crippen LogP contribution is -1.98. The van der Waals surface area contributed by atoms with E-state index < -0.39 is 0 Å². The van der Waals surface area contributed by atoms with E-state index >= 15 is 0 Å². The number of alkyl halides is 1. The highest BCUT2D eigenvalue weighted by Crippen LogP contribution is 2.21. The smallest absolute Gasteiger partial charge is 0.165 e.